The summed E-state index contributed by atoms with van der Waals surface area (Å²) >= 11 is 0. The highest BCUT2D eigenvalue weighted by Crippen LogP contribution is 2.74. The maximum absolute atomic E-state index is 12.9. The lowest BCUT2D eigenvalue weighted by atomic mass is 9.36. The molecule has 5 fully saturated rings. The van der Waals surface area contributed by atoms with E-state index in [9.17, 15) is 4.79 Å². The minimum Gasteiger partial charge on any atom is -0.368 e. The Labute approximate surface area is 201 Å². The molecular weight excluding hydrogens is 408 g/mol. The second kappa shape index (κ2) is 6.55. The number of ketones is 1. The molecule has 2 saturated heterocycles. The van der Waals surface area contributed by atoms with Crippen molar-refractivity contribution in [1.82, 2.24) is 0 Å². The molecule has 3 nitrogen and oxygen atoms in total. The van der Waals surface area contributed by atoms with E-state index in [1.807, 2.05) is 0 Å². The number of rotatable bonds is 1. The average molecular weight is 455 g/mol. The maximum Gasteiger partial charge on any atom is 0.138 e. The van der Waals surface area contributed by atoms with Gasteiger partial charge in [-0.25, -0.2) is 0 Å². The zero-order valence-electron chi connectivity index (χ0n) is 22.3. The molecule has 33 heavy (non-hydrogen) atoms. The summed E-state index contributed by atoms with van der Waals surface area (Å²) in [5.74, 6) is 2.33. The highest BCUT2D eigenvalue weighted by atomic mass is 16.6. The summed E-state index contributed by atoms with van der Waals surface area (Å²) in [7, 11) is 0. The summed E-state index contributed by atoms with van der Waals surface area (Å²) in [6.07, 6.45) is 9.91. The van der Waals surface area contributed by atoms with Gasteiger partial charge in [0.05, 0.1) is 17.8 Å². The maximum atomic E-state index is 12.9. The van der Waals surface area contributed by atoms with Crippen LogP contribution in [0.4, 0.5) is 0 Å². The Hall–Kier alpha value is -0.670. The van der Waals surface area contributed by atoms with Crippen LogP contribution in [0.25, 0.3) is 0 Å². The molecule has 0 radical (unpaired) electrons. The van der Waals surface area contributed by atoms with Crippen molar-refractivity contribution in [3.8, 4) is 0 Å². The van der Waals surface area contributed by atoms with Crippen molar-refractivity contribution < 1.29 is 14.3 Å². The van der Waals surface area contributed by atoms with Gasteiger partial charge in [-0.1, -0.05) is 47.1 Å². The molecule has 3 saturated carbocycles. The predicted molar refractivity (Wildman–Crippen MR) is 131 cm³/mol. The molecule has 6 aliphatic rings. The Balaban J connectivity index is 1.35. The van der Waals surface area contributed by atoms with Gasteiger partial charge in [-0.15, -0.1) is 0 Å². The van der Waals surface area contributed by atoms with Crippen molar-refractivity contribution in [2.75, 3.05) is 0 Å². The fourth-order valence-corrected chi connectivity index (χ4v) is 10.6. The first kappa shape index (κ1) is 22.8. The molecule has 4 aliphatic carbocycles. The average Bonchev–Trinajstić information content (AvgIpc) is 3.23. The molecule has 0 aromatic rings. The Morgan fingerprint density at radius 2 is 1.61 bits per heavy atom. The van der Waals surface area contributed by atoms with Crippen molar-refractivity contribution in [3.05, 3.63) is 11.1 Å². The lowest BCUT2D eigenvalue weighted by Gasteiger charge is -2.68. The van der Waals surface area contributed by atoms with E-state index in [0.717, 1.165) is 25.7 Å². The summed E-state index contributed by atoms with van der Waals surface area (Å²) in [6.45, 7) is 19.2. The minimum absolute atomic E-state index is 0.0143. The molecule has 2 aliphatic heterocycles. The Bertz CT molecular complexity index is 929. The third-order valence-electron chi connectivity index (χ3n) is 12.5. The Kier molecular flexibility index (Phi) is 4.52. The van der Waals surface area contributed by atoms with Gasteiger partial charge in [0.25, 0.3) is 0 Å². The number of fused-ring (bicyclic) bond motifs is 6. The normalized spacial score (nSPS) is 54.2. The monoisotopic (exact) mass is 454 g/mol. The first-order valence-corrected chi connectivity index (χ1v) is 13.9. The van der Waals surface area contributed by atoms with Gasteiger partial charge >= 0.3 is 0 Å². The quantitative estimate of drug-likeness (QED) is 0.320. The Morgan fingerprint density at radius 3 is 2.27 bits per heavy atom. The van der Waals surface area contributed by atoms with Crippen LogP contribution in [0.5, 0.6) is 0 Å². The second-order valence-electron chi connectivity index (χ2n) is 14.7. The van der Waals surface area contributed by atoms with Crippen LogP contribution in [0.15, 0.2) is 11.1 Å². The van der Waals surface area contributed by atoms with Crippen molar-refractivity contribution in [3.63, 3.8) is 0 Å². The van der Waals surface area contributed by atoms with E-state index in [2.05, 4.69) is 55.4 Å². The van der Waals surface area contributed by atoms with Crippen molar-refractivity contribution >= 4 is 5.78 Å². The topological polar surface area (TPSA) is 38.8 Å². The number of carbonyl (C=O) groups is 1. The lowest BCUT2D eigenvalue weighted by Crippen LogP contribution is -2.62. The van der Waals surface area contributed by atoms with Gasteiger partial charge in [0.15, 0.2) is 0 Å². The summed E-state index contributed by atoms with van der Waals surface area (Å²) in [4.78, 5) is 12.9. The lowest BCUT2D eigenvalue weighted by molar-refractivity contribution is -0.183. The van der Waals surface area contributed by atoms with Crippen LogP contribution < -0.4 is 0 Å². The van der Waals surface area contributed by atoms with E-state index in [1.54, 1.807) is 11.1 Å². The summed E-state index contributed by atoms with van der Waals surface area (Å²) < 4.78 is 12.9. The molecule has 2 heterocycles. The van der Waals surface area contributed by atoms with Crippen LogP contribution in [0, 0.1) is 39.4 Å². The van der Waals surface area contributed by atoms with Crippen LogP contribution in [-0.4, -0.2) is 29.7 Å². The fourth-order valence-electron chi connectivity index (χ4n) is 10.6. The highest BCUT2D eigenvalue weighted by Gasteiger charge is 2.68. The number of allylic oxidation sites excluding steroid dienone is 1. The van der Waals surface area contributed by atoms with Crippen molar-refractivity contribution in [2.45, 2.75) is 131 Å². The van der Waals surface area contributed by atoms with Crippen LogP contribution in [0.2, 0.25) is 0 Å². The third-order valence-corrected chi connectivity index (χ3v) is 12.5. The second-order valence-corrected chi connectivity index (χ2v) is 14.7. The first-order valence-electron chi connectivity index (χ1n) is 13.9. The number of hydrogen-bond acceptors (Lipinski definition) is 3. The van der Waals surface area contributed by atoms with Crippen LogP contribution in [0.3, 0.4) is 0 Å². The zero-order chi connectivity index (χ0) is 23.8. The van der Waals surface area contributed by atoms with Crippen molar-refractivity contribution in [2.24, 2.45) is 39.4 Å². The largest absolute Gasteiger partial charge is 0.368 e. The van der Waals surface area contributed by atoms with Gasteiger partial charge in [-0.05, 0) is 98.4 Å². The van der Waals surface area contributed by atoms with E-state index >= 15 is 0 Å². The molecule has 0 amide bonds. The van der Waals surface area contributed by atoms with E-state index in [-0.39, 0.29) is 40.2 Å². The first-order chi connectivity index (χ1) is 15.3. The van der Waals surface area contributed by atoms with Crippen molar-refractivity contribution in [1.29, 1.82) is 0 Å². The van der Waals surface area contributed by atoms with Gasteiger partial charge < -0.3 is 9.47 Å². The number of ether oxygens (including phenoxy) is 2. The molecule has 9 atom stereocenters. The molecule has 3 heteroatoms. The van der Waals surface area contributed by atoms with Gasteiger partial charge in [-0.2, -0.15) is 0 Å². The summed E-state index contributed by atoms with van der Waals surface area (Å²) in [5.41, 5.74) is 4.04. The van der Waals surface area contributed by atoms with Crippen LogP contribution >= 0.6 is 0 Å². The number of epoxide rings is 1. The third kappa shape index (κ3) is 2.73. The van der Waals surface area contributed by atoms with Crippen LogP contribution in [-0.2, 0) is 14.3 Å². The van der Waals surface area contributed by atoms with E-state index in [0.29, 0.717) is 29.0 Å². The molecule has 0 unspecified atom stereocenters. The molecule has 0 aromatic heterocycles. The molecule has 0 spiro atoms. The zero-order valence-corrected chi connectivity index (χ0v) is 22.3. The smallest absolute Gasteiger partial charge is 0.138 e. The highest BCUT2D eigenvalue weighted by molar-refractivity contribution is 5.85. The van der Waals surface area contributed by atoms with Gasteiger partial charge in [0, 0.05) is 11.8 Å². The van der Waals surface area contributed by atoms with E-state index < -0.39 is 0 Å². The summed E-state index contributed by atoms with van der Waals surface area (Å²) in [5, 5.41) is 0. The Morgan fingerprint density at radius 1 is 0.909 bits per heavy atom. The molecule has 184 valence electrons. The van der Waals surface area contributed by atoms with Gasteiger partial charge in [0.2, 0.25) is 0 Å². The number of hydrogen-bond donors (Lipinski definition) is 0. The molecule has 0 N–H and O–H groups in total. The van der Waals surface area contributed by atoms with Gasteiger partial charge in [-0.3, -0.25) is 4.79 Å². The van der Waals surface area contributed by atoms with E-state index in [4.69, 9.17) is 9.47 Å². The molecule has 0 bridgehead atoms. The SMILES string of the molecule is C[C@@H]1C[C@@H]([C@H]2OC2(C)C)O[C@H]2C[C@@]3(C)C(=C12)CC[C@H]1[C@@]2(C)CCC(=O)C(C)(C)[C@@H]2CC[C@@]13C. The molecule has 6 rings (SSSR count). The summed E-state index contributed by atoms with van der Waals surface area (Å²) in [6, 6.07) is 0. The fraction of sp³-hybridized carbons (Fsp3) is 0.900. The standard InChI is InChI=1S/C30H46O3/c1-17-15-19(25-27(4,5)33-25)32-20-16-30(8)18(24(17)20)9-10-22-28(6)13-12-23(31)26(2,3)21(28)11-14-29(22,30)7/h17,19-22,25H,9-16H2,1-8H3/t17-,19+,20+,21+,22+,25-,28+,29+,30+/m1/s1. The van der Waals surface area contributed by atoms with Gasteiger partial charge in [0.1, 0.15) is 11.9 Å². The number of carbonyl (C=O) groups excluding carboxylic acids is 1. The molecule has 0 aromatic carbocycles. The number of Topliss-reactive ketones (excluding diaryl/α,β-unsaturated/α-hetero) is 1. The minimum atomic E-state index is -0.167. The van der Waals surface area contributed by atoms with E-state index in [1.165, 1.54) is 25.7 Å². The predicted octanol–water partition coefficient (Wildman–Crippen LogP) is 6.89. The van der Waals surface area contributed by atoms with Crippen LogP contribution in [0.1, 0.15) is 107 Å². The molecular formula is C30H46O3.